The Morgan fingerprint density at radius 1 is 1.39 bits per heavy atom. The molecular weight excluding hydrogens is 316 g/mol. The van der Waals surface area contributed by atoms with Crippen LogP contribution in [0.4, 0.5) is 10.5 Å². The highest BCUT2D eigenvalue weighted by molar-refractivity contribution is 8.18. The van der Waals surface area contributed by atoms with E-state index in [9.17, 15) is 14.4 Å². The number of hydrogen-bond donors (Lipinski definition) is 2. The van der Waals surface area contributed by atoms with Gasteiger partial charge in [-0.3, -0.25) is 19.3 Å². The largest absolute Gasteiger partial charge is 0.481 e. The smallest absolute Gasteiger partial charge is 0.303 e. The Morgan fingerprint density at radius 2 is 2.17 bits per heavy atom. The first-order chi connectivity index (χ1) is 11.1. The summed E-state index contributed by atoms with van der Waals surface area (Å²) in [6.45, 7) is 0.845. The van der Waals surface area contributed by atoms with Gasteiger partial charge in [-0.2, -0.15) is 0 Å². The van der Waals surface area contributed by atoms with E-state index in [-0.39, 0.29) is 36.5 Å². The maximum atomic E-state index is 12.3. The molecule has 6 nitrogen and oxygen atoms in total. The summed E-state index contributed by atoms with van der Waals surface area (Å²) >= 11 is 0.925. The molecule has 1 aromatic rings. The Kier molecular flexibility index (Phi) is 4.38. The number of anilines is 1. The number of benzene rings is 1. The molecule has 120 valence electrons. The van der Waals surface area contributed by atoms with Crippen molar-refractivity contribution in [2.45, 2.75) is 18.8 Å². The van der Waals surface area contributed by atoms with Gasteiger partial charge < -0.3 is 10.4 Å². The second-order valence-electron chi connectivity index (χ2n) is 5.43. The quantitative estimate of drug-likeness (QED) is 0.806. The van der Waals surface area contributed by atoms with Crippen LogP contribution in [0.25, 0.3) is 0 Å². The van der Waals surface area contributed by atoms with Gasteiger partial charge in [0.15, 0.2) is 0 Å². The normalized spacial score (nSPS) is 21.7. The Hall–Kier alpha value is -2.28. The maximum absolute atomic E-state index is 12.3. The first-order valence-corrected chi connectivity index (χ1v) is 8.18. The van der Waals surface area contributed by atoms with E-state index in [1.807, 2.05) is 30.3 Å². The molecule has 2 aliphatic rings. The lowest BCUT2D eigenvalue weighted by molar-refractivity contribution is -0.137. The number of carboxylic acid groups (broad SMARTS) is 1. The summed E-state index contributed by atoms with van der Waals surface area (Å²) in [5, 5.41) is 11.6. The molecule has 0 aliphatic carbocycles. The van der Waals surface area contributed by atoms with Crippen molar-refractivity contribution in [3.8, 4) is 0 Å². The lowest BCUT2D eigenvalue weighted by Gasteiger charge is -2.11. The molecule has 2 heterocycles. The number of amides is 2. The zero-order valence-electron chi connectivity index (χ0n) is 12.3. The van der Waals surface area contributed by atoms with E-state index in [1.165, 1.54) is 0 Å². The number of hydrogen-bond acceptors (Lipinski definition) is 5. The van der Waals surface area contributed by atoms with Crippen molar-refractivity contribution in [2.75, 3.05) is 18.4 Å². The fourth-order valence-corrected chi connectivity index (χ4v) is 3.64. The highest BCUT2D eigenvalue weighted by Gasteiger charge is 2.35. The van der Waals surface area contributed by atoms with E-state index in [0.29, 0.717) is 11.4 Å². The summed E-state index contributed by atoms with van der Waals surface area (Å²) in [5.41, 5.74) is 2.17. The fourth-order valence-electron chi connectivity index (χ4n) is 2.74. The van der Waals surface area contributed by atoms with Gasteiger partial charge in [-0.05, 0) is 29.8 Å². The molecule has 1 saturated heterocycles. The lowest BCUT2D eigenvalue weighted by Crippen LogP contribution is -2.29. The van der Waals surface area contributed by atoms with Crippen molar-refractivity contribution in [3.05, 3.63) is 40.8 Å². The first-order valence-electron chi connectivity index (χ1n) is 7.36. The first kappa shape index (κ1) is 15.6. The van der Waals surface area contributed by atoms with Gasteiger partial charge >= 0.3 is 5.97 Å². The molecule has 3 rings (SSSR count). The number of nitrogens with zero attached hydrogens (tertiary/aromatic N) is 1. The fraction of sp³-hybridized carbons (Fsp3) is 0.312. The molecule has 0 aromatic heterocycles. The monoisotopic (exact) mass is 332 g/mol. The number of imide groups is 1. The summed E-state index contributed by atoms with van der Waals surface area (Å²) < 4.78 is 0. The highest BCUT2D eigenvalue weighted by atomic mass is 32.2. The molecular formula is C16H16N2O4S. The minimum absolute atomic E-state index is 0.0549. The Morgan fingerprint density at radius 3 is 2.96 bits per heavy atom. The molecule has 2 N–H and O–H groups in total. The van der Waals surface area contributed by atoms with Gasteiger partial charge in [-0.25, -0.2) is 0 Å². The Labute approximate surface area is 137 Å². The number of rotatable bonds is 5. The predicted molar refractivity (Wildman–Crippen MR) is 87.3 cm³/mol. The van der Waals surface area contributed by atoms with Crippen molar-refractivity contribution in [2.24, 2.45) is 0 Å². The van der Waals surface area contributed by atoms with Gasteiger partial charge in [-0.15, -0.1) is 0 Å². The summed E-state index contributed by atoms with van der Waals surface area (Å²) in [6, 6.07) is 7.89. The van der Waals surface area contributed by atoms with Crippen LogP contribution in [0, 0.1) is 0 Å². The van der Waals surface area contributed by atoms with Crippen LogP contribution in [-0.2, 0) is 9.59 Å². The number of nitrogens with one attached hydrogen (secondary N) is 1. The molecule has 23 heavy (non-hydrogen) atoms. The number of carbonyl (C=O) groups is 3. The maximum Gasteiger partial charge on any atom is 0.303 e. The second-order valence-corrected chi connectivity index (χ2v) is 6.42. The van der Waals surface area contributed by atoms with Crippen LogP contribution in [-0.4, -0.2) is 40.2 Å². The number of fused-ring (bicyclic) bond motifs is 1. The standard InChI is InChI=1S/C16H16N2O4S/c19-14(20)6-3-7-18-15(21)13(23-16(18)22)8-10-9-17-12-5-2-1-4-11(10)12/h1-2,4-5,8,10,17H,3,6-7,9H2,(H,19,20)/b13-8-. The van der Waals surface area contributed by atoms with Crippen LogP contribution >= 0.6 is 11.8 Å². The molecule has 1 fully saturated rings. The van der Waals surface area contributed by atoms with E-state index >= 15 is 0 Å². The number of para-hydroxylation sites is 1. The van der Waals surface area contributed by atoms with Gasteiger partial charge in [0, 0.05) is 31.1 Å². The SMILES string of the molecule is O=C(O)CCCN1C(=O)S/C(=C\C2CNc3ccccc32)C1=O. The van der Waals surface area contributed by atoms with Crippen molar-refractivity contribution in [3.63, 3.8) is 0 Å². The molecule has 1 atom stereocenters. The summed E-state index contributed by atoms with van der Waals surface area (Å²) in [4.78, 5) is 36.4. The van der Waals surface area contributed by atoms with Gasteiger partial charge in [-0.1, -0.05) is 24.3 Å². The molecule has 2 aliphatic heterocycles. The van der Waals surface area contributed by atoms with Crippen molar-refractivity contribution in [1.29, 1.82) is 0 Å². The molecule has 7 heteroatoms. The molecule has 0 radical (unpaired) electrons. The van der Waals surface area contributed by atoms with Gasteiger partial charge in [0.25, 0.3) is 11.1 Å². The summed E-state index contributed by atoms with van der Waals surface area (Å²) in [6.07, 6.45) is 2.05. The third kappa shape index (κ3) is 3.24. The zero-order chi connectivity index (χ0) is 16.4. The lowest BCUT2D eigenvalue weighted by atomic mass is 10.0. The molecule has 0 spiro atoms. The van der Waals surface area contributed by atoms with Crippen molar-refractivity contribution in [1.82, 2.24) is 4.90 Å². The minimum atomic E-state index is -0.929. The number of carbonyl (C=O) groups excluding carboxylic acids is 2. The van der Waals surface area contributed by atoms with E-state index in [1.54, 1.807) is 0 Å². The van der Waals surface area contributed by atoms with Crippen molar-refractivity contribution < 1.29 is 19.5 Å². The molecule has 2 amide bonds. The Balaban J connectivity index is 1.71. The molecule has 0 bridgehead atoms. The molecule has 0 saturated carbocycles. The van der Waals surface area contributed by atoms with Crippen LogP contribution in [0.3, 0.4) is 0 Å². The zero-order valence-corrected chi connectivity index (χ0v) is 13.1. The van der Waals surface area contributed by atoms with E-state index in [2.05, 4.69) is 5.32 Å². The minimum Gasteiger partial charge on any atom is -0.481 e. The molecule has 1 unspecified atom stereocenters. The highest BCUT2D eigenvalue weighted by Crippen LogP contribution is 2.37. The van der Waals surface area contributed by atoms with E-state index in [0.717, 1.165) is 27.9 Å². The second kappa shape index (κ2) is 6.45. The van der Waals surface area contributed by atoms with Gasteiger partial charge in [0.1, 0.15) is 0 Å². The third-order valence-electron chi connectivity index (χ3n) is 3.87. The van der Waals surface area contributed by atoms with E-state index < -0.39 is 5.97 Å². The van der Waals surface area contributed by atoms with Crippen LogP contribution in [0.15, 0.2) is 35.2 Å². The van der Waals surface area contributed by atoms with Crippen molar-refractivity contribution >= 4 is 34.6 Å². The number of thioether (sulfide) groups is 1. The van der Waals surface area contributed by atoms with E-state index in [4.69, 9.17) is 5.11 Å². The summed E-state index contributed by atoms with van der Waals surface area (Å²) in [5.74, 6) is -1.19. The van der Waals surface area contributed by atoms with Crippen LogP contribution in [0.5, 0.6) is 0 Å². The van der Waals surface area contributed by atoms with Gasteiger partial charge in [0.05, 0.1) is 4.91 Å². The predicted octanol–water partition coefficient (Wildman–Crippen LogP) is 2.64. The van der Waals surface area contributed by atoms with Gasteiger partial charge in [0.2, 0.25) is 0 Å². The average molecular weight is 332 g/mol. The van der Waals surface area contributed by atoms with Crippen LogP contribution in [0.2, 0.25) is 0 Å². The third-order valence-corrected chi connectivity index (χ3v) is 4.80. The number of aliphatic carboxylic acids is 1. The Bertz CT molecular complexity index is 701. The van der Waals surface area contributed by atoms with Crippen LogP contribution < -0.4 is 5.32 Å². The molecule has 1 aromatic carbocycles. The average Bonchev–Trinajstić information content (AvgIpc) is 3.04. The van der Waals surface area contributed by atoms with Crippen LogP contribution in [0.1, 0.15) is 24.3 Å². The summed E-state index contributed by atoms with van der Waals surface area (Å²) in [7, 11) is 0. The topological polar surface area (TPSA) is 86.7 Å². The number of carboxylic acids is 1.